The van der Waals surface area contributed by atoms with Crippen LogP contribution in [-0.2, 0) is 6.61 Å². The van der Waals surface area contributed by atoms with Gasteiger partial charge < -0.3 is 4.74 Å². The molecule has 0 saturated heterocycles. The van der Waals surface area contributed by atoms with Gasteiger partial charge in [0.15, 0.2) is 11.6 Å². The predicted molar refractivity (Wildman–Crippen MR) is 69.6 cm³/mol. The van der Waals surface area contributed by atoms with E-state index in [9.17, 15) is 8.78 Å². The highest BCUT2D eigenvalue weighted by Gasteiger charge is 2.11. The summed E-state index contributed by atoms with van der Waals surface area (Å²) in [5, 5.41) is 0. The quantitative estimate of drug-likeness (QED) is 0.752. The molecule has 0 radical (unpaired) electrons. The van der Waals surface area contributed by atoms with Crippen LogP contribution in [0.5, 0.6) is 5.75 Å². The molecular formula is C14H11BrF2O. The molecule has 0 amide bonds. The van der Waals surface area contributed by atoms with Crippen molar-refractivity contribution < 1.29 is 13.5 Å². The lowest BCUT2D eigenvalue weighted by atomic mass is 10.2. The number of halogens is 3. The Bertz CT molecular complexity index is 552. The van der Waals surface area contributed by atoms with Crippen molar-refractivity contribution >= 4 is 15.9 Å². The fourth-order valence-corrected chi connectivity index (χ4v) is 1.89. The predicted octanol–water partition coefficient (Wildman–Crippen LogP) is 4.61. The van der Waals surface area contributed by atoms with Crippen molar-refractivity contribution in [1.82, 2.24) is 0 Å². The fourth-order valence-electron chi connectivity index (χ4n) is 1.48. The molecule has 0 aliphatic carbocycles. The SMILES string of the molecule is Cc1ccc(COc2cc(Br)cc(F)c2F)cc1. The Kier molecular flexibility index (Phi) is 3.97. The largest absolute Gasteiger partial charge is 0.486 e. The van der Waals surface area contributed by atoms with E-state index in [1.54, 1.807) is 0 Å². The van der Waals surface area contributed by atoms with Gasteiger partial charge >= 0.3 is 0 Å². The summed E-state index contributed by atoms with van der Waals surface area (Å²) in [6.45, 7) is 2.18. The molecule has 2 rings (SSSR count). The van der Waals surface area contributed by atoms with E-state index in [0.717, 1.165) is 17.2 Å². The minimum absolute atomic E-state index is 0.0950. The first kappa shape index (κ1) is 13.0. The maximum Gasteiger partial charge on any atom is 0.200 e. The molecule has 4 heteroatoms. The average molecular weight is 313 g/mol. The zero-order chi connectivity index (χ0) is 13.1. The average Bonchev–Trinajstić information content (AvgIpc) is 2.34. The molecule has 0 bridgehead atoms. The molecular weight excluding hydrogens is 302 g/mol. The molecule has 0 aromatic heterocycles. The Hall–Kier alpha value is -1.42. The first-order valence-corrected chi connectivity index (χ1v) is 6.18. The van der Waals surface area contributed by atoms with Crippen LogP contribution in [0.25, 0.3) is 0 Å². The molecule has 0 aliphatic rings. The second-order valence-corrected chi connectivity index (χ2v) is 4.89. The number of hydrogen-bond acceptors (Lipinski definition) is 1. The van der Waals surface area contributed by atoms with Gasteiger partial charge in [-0.25, -0.2) is 4.39 Å². The topological polar surface area (TPSA) is 9.23 Å². The van der Waals surface area contributed by atoms with Gasteiger partial charge in [-0.3, -0.25) is 0 Å². The van der Waals surface area contributed by atoms with Crippen molar-refractivity contribution in [2.45, 2.75) is 13.5 Å². The van der Waals surface area contributed by atoms with E-state index < -0.39 is 11.6 Å². The second kappa shape index (κ2) is 5.48. The fraction of sp³-hybridized carbons (Fsp3) is 0.143. The molecule has 0 fully saturated rings. The van der Waals surface area contributed by atoms with Crippen LogP contribution in [0.4, 0.5) is 8.78 Å². The highest BCUT2D eigenvalue weighted by molar-refractivity contribution is 9.10. The van der Waals surface area contributed by atoms with Crippen molar-refractivity contribution in [2.24, 2.45) is 0 Å². The Morgan fingerprint density at radius 1 is 1.11 bits per heavy atom. The van der Waals surface area contributed by atoms with E-state index in [2.05, 4.69) is 15.9 Å². The van der Waals surface area contributed by atoms with Gasteiger partial charge in [-0.15, -0.1) is 0 Å². The normalized spacial score (nSPS) is 10.4. The van der Waals surface area contributed by atoms with Crippen LogP contribution in [0, 0.1) is 18.6 Å². The Labute approximate surface area is 113 Å². The Morgan fingerprint density at radius 2 is 1.78 bits per heavy atom. The van der Waals surface area contributed by atoms with Crippen molar-refractivity contribution in [3.8, 4) is 5.75 Å². The zero-order valence-electron chi connectivity index (χ0n) is 9.71. The minimum Gasteiger partial charge on any atom is -0.486 e. The molecule has 0 heterocycles. The molecule has 1 nitrogen and oxygen atoms in total. The third kappa shape index (κ3) is 3.07. The van der Waals surface area contributed by atoms with Crippen molar-refractivity contribution in [1.29, 1.82) is 0 Å². The monoisotopic (exact) mass is 312 g/mol. The molecule has 18 heavy (non-hydrogen) atoms. The van der Waals surface area contributed by atoms with E-state index in [4.69, 9.17) is 4.74 Å². The molecule has 0 atom stereocenters. The van der Waals surface area contributed by atoms with Crippen LogP contribution in [-0.4, -0.2) is 0 Å². The summed E-state index contributed by atoms with van der Waals surface area (Å²) >= 11 is 3.10. The zero-order valence-corrected chi connectivity index (χ0v) is 11.3. The maximum absolute atomic E-state index is 13.4. The van der Waals surface area contributed by atoms with Crippen LogP contribution in [0.3, 0.4) is 0 Å². The summed E-state index contributed by atoms with van der Waals surface area (Å²) in [5.74, 6) is -1.99. The third-order valence-corrected chi connectivity index (χ3v) is 2.93. The van der Waals surface area contributed by atoms with E-state index >= 15 is 0 Å². The number of aryl methyl sites for hydroxylation is 1. The summed E-state index contributed by atoms with van der Waals surface area (Å²) in [5.41, 5.74) is 2.04. The molecule has 0 spiro atoms. The van der Waals surface area contributed by atoms with Gasteiger partial charge in [-0.2, -0.15) is 4.39 Å². The summed E-state index contributed by atoms with van der Waals surface area (Å²) in [4.78, 5) is 0. The van der Waals surface area contributed by atoms with Crippen LogP contribution in [0.15, 0.2) is 40.9 Å². The first-order valence-electron chi connectivity index (χ1n) is 5.39. The molecule has 0 saturated carbocycles. The van der Waals surface area contributed by atoms with E-state index in [1.807, 2.05) is 31.2 Å². The van der Waals surface area contributed by atoms with Gasteiger partial charge in [0.2, 0.25) is 5.82 Å². The summed E-state index contributed by atoms with van der Waals surface area (Å²) < 4.78 is 32.3. The number of benzene rings is 2. The Balaban J connectivity index is 2.13. The van der Waals surface area contributed by atoms with E-state index in [1.165, 1.54) is 6.07 Å². The molecule has 2 aromatic carbocycles. The Morgan fingerprint density at radius 3 is 2.44 bits per heavy atom. The minimum atomic E-state index is -0.967. The summed E-state index contributed by atoms with van der Waals surface area (Å²) in [7, 11) is 0. The molecule has 94 valence electrons. The number of ether oxygens (including phenoxy) is 1. The lowest BCUT2D eigenvalue weighted by molar-refractivity contribution is 0.284. The highest BCUT2D eigenvalue weighted by Crippen LogP contribution is 2.26. The van der Waals surface area contributed by atoms with Gasteiger partial charge in [-0.1, -0.05) is 45.8 Å². The molecule has 2 aromatic rings. The van der Waals surface area contributed by atoms with Gasteiger partial charge in [0.25, 0.3) is 0 Å². The smallest absolute Gasteiger partial charge is 0.200 e. The lowest BCUT2D eigenvalue weighted by Crippen LogP contribution is -1.99. The maximum atomic E-state index is 13.4. The first-order chi connectivity index (χ1) is 8.56. The van der Waals surface area contributed by atoms with Crippen LogP contribution in [0.2, 0.25) is 0 Å². The number of rotatable bonds is 3. The van der Waals surface area contributed by atoms with E-state index in [0.29, 0.717) is 4.47 Å². The van der Waals surface area contributed by atoms with Crippen molar-refractivity contribution in [3.63, 3.8) is 0 Å². The second-order valence-electron chi connectivity index (χ2n) is 3.97. The van der Waals surface area contributed by atoms with Crippen LogP contribution in [0.1, 0.15) is 11.1 Å². The summed E-state index contributed by atoms with van der Waals surface area (Å²) in [6, 6.07) is 10.1. The standard InChI is InChI=1S/C14H11BrF2O/c1-9-2-4-10(5-3-9)8-18-13-7-11(15)6-12(16)14(13)17/h2-7H,8H2,1H3. The summed E-state index contributed by atoms with van der Waals surface area (Å²) in [6.07, 6.45) is 0. The lowest BCUT2D eigenvalue weighted by Gasteiger charge is -2.08. The van der Waals surface area contributed by atoms with Crippen molar-refractivity contribution in [3.05, 3.63) is 63.6 Å². The van der Waals surface area contributed by atoms with Crippen LogP contribution >= 0.6 is 15.9 Å². The molecule has 0 unspecified atom stereocenters. The molecule has 0 aliphatic heterocycles. The van der Waals surface area contributed by atoms with Gasteiger partial charge in [0, 0.05) is 4.47 Å². The van der Waals surface area contributed by atoms with Gasteiger partial charge in [-0.05, 0) is 24.6 Å². The molecule has 0 N–H and O–H groups in total. The van der Waals surface area contributed by atoms with E-state index in [-0.39, 0.29) is 12.4 Å². The number of hydrogen-bond donors (Lipinski definition) is 0. The van der Waals surface area contributed by atoms with Crippen LogP contribution < -0.4 is 4.74 Å². The highest BCUT2D eigenvalue weighted by atomic mass is 79.9. The van der Waals surface area contributed by atoms with Gasteiger partial charge in [0.05, 0.1) is 0 Å². The van der Waals surface area contributed by atoms with Crippen molar-refractivity contribution in [2.75, 3.05) is 0 Å². The third-order valence-electron chi connectivity index (χ3n) is 2.47. The van der Waals surface area contributed by atoms with Gasteiger partial charge in [0.1, 0.15) is 6.61 Å².